The molecule has 1 aromatic rings. The van der Waals surface area contributed by atoms with Crippen LogP contribution < -0.4 is 4.74 Å². The number of amides is 1. The molecule has 5 heteroatoms. The van der Waals surface area contributed by atoms with E-state index >= 15 is 0 Å². The number of fused-ring (bicyclic) bond motifs is 1. The molecule has 3 rings (SSSR count). The van der Waals surface area contributed by atoms with Crippen LogP contribution in [0.15, 0.2) is 54.1 Å². The Kier molecular flexibility index (Phi) is 9.36. The maximum atomic E-state index is 12.1. The van der Waals surface area contributed by atoms with Crippen molar-refractivity contribution in [3.63, 3.8) is 0 Å². The van der Waals surface area contributed by atoms with Gasteiger partial charge >= 0.3 is 0 Å². The first-order chi connectivity index (χ1) is 15.5. The van der Waals surface area contributed by atoms with Gasteiger partial charge in [-0.15, -0.1) is 0 Å². The summed E-state index contributed by atoms with van der Waals surface area (Å²) in [6.45, 7) is 5.83. The molecule has 0 bridgehead atoms. The summed E-state index contributed by atoms with van der Waals surface area (Å²) in [4.78, 5) is 14.0. The number of hydrogen-bond donors (Lipinski definition) is 2. The molecule has 0 spiro atoms. The minimum atomic E-state index is -0.696. The molecule has 2 N–H and O–H groups in total. The molecule has 1 saturated carbocycles. The molecular weight excluding hydrogens is 402 g/mol. The van der Waals surface area contributed by atoms with Crippen LogP contribution in [0.25, 0.3) is 0 Å². The molecule has 0 heterocycles. The topological polar surface area (TPSA) is 70.0 Å². The minimum Gasteiger partial charge on any atom is -0.491 e. The van der Waals surface area contributed by atoms with E-state index < -0.39 is 6.10 Å². The average Bonchev–Trinajstić information content (AvgIpc) is 3.31. The number of nitrogens with zero attached hydrogens (tertiary/aromatic N) is 1. The zero-order chi connectivity index (χ0) is 22.9. The van der Waals surface area contributed by atoms with E-state index in [0.29, 0.717) is 18.3 Å². The summed E-state index contributed by atoms with van der Waals surface area (Å²) < 4.78 is 5.61. The highest BCUT2D eigenvalue weighted by atomic mass is 16.5. The fourth-order valence-electron chi connectivity index (χ4n) is 5.16. The Balaban J connectivity index is 1.41. The number of aliphatic hydroxyl groups excluding tert-OH is 2. The van der Waals surface area contributed by atoms with Gasteiger partial charge in [0.25, 0.3) is 0 Å². The lowest BCUT2D eigenvalue weighted by Gasteiger charge is -2.19. The van der Waals surface area contributed by atoms with Gasteiger partial charge in [-0.1, -0.05) is 42.0 Å². The van der Waals surface area contributed by atoms with Crippen LogP contribution in [0, 0.1) is 17.8 Å². The number of ether oxygens (including phenoxy) is 1. The SMILES string of the molecule is CCN(CC)C(=O)CCCCC1=C[C@H]2C[C@@H](O)[C@H](C=C[C@@H](O)COc3ccccc3)[C@H]2C1. The summed E-state index contributed by atoms with van der Waals surface area (Å²) >= 11 is 0. The summed E-state index contributed by atoms with van der Waals surface area (Å²) in [5.41, 5.74) is 1.47. The molecule has 0 aromatic heterocycles. The number of carbonyl (C=O) groups excluding carboxylic acids is 1. The Morgan fingerprint density at radius 3 is 2.69 bits per heavy atom. The number of rotatable bonds is 12. The van der Waals surface area contributed by atoms with Gasteiger partial charge in [-0.05, 0) is 69.9 Å². The van der Waals surface area contributed by atoms with Gasteiger partial charge in [-0.25, -0.2) is 0 Å². The molecule has 0 unspecified atom stereocenters. The molecule has 32 heavy (non-hydrogen) atoms. The van der Waals surface area contributed by atoms with Crippen LogP contribution in [0.4, 0.5) is 0 Å². The van der Waals surface area contributed by atoms with Gasteiger partial charge in [0.1, 0.15) is 18.5 Å². The summed E-state index contributed by atoms with van der Waals surface area (Å²) in [6.07, 6.45) is 10.5. The average molecular weight is 442 g/mol. The second kappa shape index (κ2) is 12.2. The van der Waals surface area contributed by atoms with Gasteiger partial charge < -0.3 is 19.8 Å². The van der Waals surface area contributed by atoms with E-state index in [0.717, 1.165) is 50.9 Å². The predicted octanol–water partition coefficient (Wildman–Crippen LogP) is 4.35. The molecular formula is C27H39NO4. The van der Waals surface area contributed by atoms with Crippen LogP contribution in [0.5, 0.6) is 5.75 Å². The molecule has 5 nitrogen and oxygen atoms in total. The van der Waals surface area contributed by atoms with Crippen molar-refractivity contribution in [1.29, 1.82) is 0 Å². The van der Waals surface area contributed by atoms with E-state index in [1.54, 1.807) is 6.08 Å². The largest absolute Gasteiger partial charge is 0.491 e. The lowest BCUT2D eigenvalue weighted by Crippen LogP contribution is -2.30. The third-order valence-corrected chi connectivity index (χ3v) is 6.92. The van der Waals surface area contributed by atoms with Crippen LogP contribution in [0.1, 0.15) is 52.4 Å². The number of allylic oxidation sites excluding steroid dienone is 2. The Hall–Kier alpha value is -2.11. The van der Waals surface area contributed by atoms with Gasteiger partial charge in [0.2, 0.25) is 5.91 Å². The summed E-state index contributed by atoms with van der Waals surface area (Å²) in [7, 11) is 0. The highest BCUT2D eigenvalue weighted by molar-refractivity contribution is 5.76. The number of benzene rings is 1. The maximum Gasteiger partial charge on any atom is 0.222 e. The highest BCUT2D eigenvalue weighted by Gasteiger charge is 2.43. The highest BCUT2D eigenvalue weighted by Crippen LogP contribution is 2.48. The van der Waals surface area contributed by atoms with Crippen LogP contribution in [0.2, 0.25) is 0 Å². The van der Waals surface area contributed by atoms with Gasteiger partial charge in [0.05, 0.1) is 6.10 Å². The second-order valence-electron chi connectivity index (χ2n) is 9.09. The zero-order valence-electron chi connectivity index (χ0n) is 19.5. The predicted molar refractivity (Wildman–Crippen MR) is 127 cm³/mol. The third kappa shape index (κ3) is 6.69. The second-order valence-corrected chi connectivity index (χ2v) is 9.09. The maximum absolute atomic E-state index is 12.1. The zero-order valence-corrected chi connectivity index (χ0v) is 19.5. The Labute approximate surface area is 192 Å². The van der Waals surface area contributed by atoms with Crippen molar-refractivity contribution in [3.05, 3.63) is 54.1 Å². The van der Waals surface area contributed by atoms with Crippen molar-refractivity contribution in [2.24, 2.45) is 17.8 Å². The lowest BCUT2D eigenvalue weighted by molar-refractivity contribution is -0.130. The van der Waals surface area contributed by atoms with Gasteiger partial charge in [0.15, 0.2) is 0 Å². The summed E-state index contributed by atoms with van der Waals surface area (Å²) in [6, 6.07) is 9.47. The first-order valence-corrected chi connectivity index (χ1v) is 12.2. The molecule has 0 saturated heterocycles. The van der Waals surface area contributed by atoms with E-state index in [9.17, 15) is 15.0 Å². The van der Waals surface area contributed by atoms with Crippen molar-refractivity contribution in [3.8, 4) is 5.75 Å². The molecule has 2 aliphatic rings. The summed E-state index contributed by atoms with van der Waals surface area (Å²) in [5.74, 6) is 1.91. The van der Waals surface area contributed by atoms with Crippen molar-refractivity contribution in [2.75, 3.05) is 19.7 Å². The molecule has 0 radical (unpaired) electrons. The van der Waals surface area contributed by atoms with Crippen molar-refractivity contribution < 1.29 is 19.7 Å². The van der Waals surface area contributed by atoms with E-state index in [2.05, 4.69) is 6.08 Å². The Morgan fingerprint density at radius 2 is 1.97 bits per heavy atom. The van der Waals surface area contributed by atoms with Crippen LogP contribution >= 0.6 is 0 Å². The first kappa shape index (κ1) is 24.5. The normalized spacial score (nSPS) is 25.6. The Bertz CT molecular complexity index is 771. The quantitative estimate of drug-likeness (QED) is 0.374. The van der Waals surface area contributed by atoms with E-state index in [-0.39, 0.29) is 24.5 Å². The molecule has 176 valence electrons. The van der Waals surface area contributed by atoms with Crippen molar-refractivity contribution >= 4 is 5.91 Å². The first-order valence-electron chi connectivity index (χ1n) is 12.2. The van der Waals surface area contributed by atoms with Gasteiger partial charge in [0, 0.05) is 25.4 Å². The molecule has 2 aliphatic carbocycles. The van der Waals surface area contributed by atoms with Crippen LogP contribution in [-0.2, 0) is 4.79 Å². The number of carbonyl (C=O) groups is 1. The smallest absolute Gasteiger partial charge is 0.222 e. The molecule has 0 aliphatic heterocycles. The van der Waals surface area contributed by atoms with Gasteiger partial charge in [-0.3, -0.25) is 4.79 Å². The molecule has 1 aromatic carbocycles. The minimum absolute atomic E-state index is 0.0735. The Morgan fingerprint density at radius 1 is 1.22 bits per heavy atom. The van der Waals surface area contributed by atoms with Crippen LogP contribution in [0.3, 0.4) is 0 Å². The lowest BCUT2D eigenvalue weighted by atomic mass is 9.88. The van der Waals surface area contributed by atoms with E-state index in [1.165, 1.54) is 5.57 Å². The number of hydrogen-bond acceptors (Lipinski definition) is 4. The van der Waals surface area contributed by atoms with Crippen molar-refractivity contribution in [2.45, 2.75) is 64.6 Å². The fourth-order valence-corrected chi connectivity index (χ4v) is 5.16. The third-order valence-electron chi connectivity index (χ3n) is 6.92. The standard InChI is InChI=1S/C27H39NO4/c1-3-28(4-2)27(31)13-9-8-10-20-16-21-18-26(30)24(25(21)17-20)15-14-22(29)19-32-23-11-6-5-7-12-23/h5-7,11-12,14-16,21-22,24-26,29-30H,3-4,8-10,13,17-19H2,1-2H3/t21-,22+,24+,25-,26+/m0/s1. The van der Waals surface area contributed by atoms with E-state index in [1.807, 2.05) is 55.2 Å². The number of aliphatic hydroxyl groups is 2. The molecule has 1 fully saturated rings. The number of para-hydroxylation sites is 1. The summed E-state index contributed by atoms with van der Waals surface area (Å²) in [5, 5.41) is 20.8. The molecule has 5 atom stereocenters. The monoisotopic (exact) mass is 441 g/mol. The molecule has 1 amide bonds. The fraction of sp³-hybridized carbons (Fsp3) is 0.593. The van der Waals surface area contributed by atoms with Crippen molar-refractivity contribution in [1.82, 2.24) is 4.90 Å². The number of unbranched alkanes of at least 4 members (excludes halogenated alkanes) is 1. The van der Waals surface area contributed by atoms with E-state index in [4.69, 9.17) is 4.74 Å². The van der Waals surface area contributed by atoms with Gasteiger partial charge in [-0.2, -0.15) is 0 Å². The van der Waals surface area contributed by atoms with Crippen LogP contribution in [-0.4, -0.2) is 52.9 Å².